The summed E-state index contributed by atoms with van der Waals surface area (Å²) in [6, 6.07) is 0. The Morgan fingerprint density at radius 1 is 1.39 bits per heavy atom. The smallest absolute Gasteiger partial charge is 0.309 e. The minimum Gasteiger partial charge on any atom is -0.457 e. The monoisotopic (exact) mass is 246 g/mol. The first-order chi connectivity index (χ1) is 8.44. The number of esters is 1. The van der Waals surface area contributed by atoms with E-state index in [0.29, 0.717) is 5.92 Å². The summed E-state index contributed by atoms with van der Waals surface area (Å²) in [6.45, 7) is 8.72. The molecule has 0 unspecified atom stereocenters. The molecule has 2 heteroatoms. The molecule has 1 saturated heterocycles. The van der Waals surface area contributed by atoms with Crippen LogP contribution in [0.1, 0.15) is 47.0 Å². The number of allylic oxidation sites excluding steroid dienone is 3. The third kappa shape index (κ3) is 1.44. The van der Waals surface area contributed by atoms with E-state index in [1.54, 1.807) is 0 Å². The minimum atomic E-state index is 0.00163. The van der Waals surface area contributed by atoms with Crippen molar-refractivity contribution in [2.24, 2.45) is 17.3 Å². The van der Waals surface area contributed by atoms with Crippen LogP contribution in [0.2, 0.25) is 0 Å². The summed E-state index contributed by atoms with van der Waals surface area (Å²) in [4.78, 5) is 11.8. The second-order valence-corrected chi connectivity index (χ2v) is 6.54. The zero-order chi connectivity index (χ0) is 13.1. The molecule has 4 atom stereocenters. The average molecular weight is 246 g/mol. The number of carbonyl (C=O) groups excluding carboxylic acids is 1. The second-order valence-electron chi connectivity index (χ2n) is 6.54. The molecular formula is C16H22O2. The van der Waals surface area contributed by atoms with Crippen LogP contribution in [-0.4, -0.2) is 12.1 Å². The molecule has 2 nitrogen and oxygen atoms in total. The molecule has 2 fully saturated rings. The number of hydrogen-bond donors (Lipinski definition) is 0. The summed E-state index contributed by atoms with van der Waals surface area (Å²) in [6.07, 6.45) is 5.80. The molecule has 0 radical (unpaired) electrons. The lowest BCUT2D eigenvalue weighted by atomic mass is 9.60. The van der Waals surface area contributed by atoms with Gasteiger partial charge in [0.05, 0.1) is 5.92 Å². The van der Waals surface area contributed by atoms with Crippen molar-refractivity contribution in [1.82, 2.24) is 0 Å². The molecule has 98 valence electrons. The van der Waals surface area contributed by atoms with Crippen LogP contribution in [0.3, 0.4) is 0 Å². The van der Waals surface area contributed by atoms with Gasteiger partial charge in [-0.3, -0.25) is 4.79 Å². The van der Waals surface area contributed by atoms with Gasteiger partial charge in [-0.15, -0.1) is 0 Å². The van der Waals surface area contributed by atoms with Gasteiger partial charge in [0, 0.05) is 5.92 Å². The van der Waals surface area contributed by atoms with E-state index < -0.39 is 0 Å². The summed E-state index contributed by atoms with van der Waals surface area (Å²) in [7, 11) is 0. The van der Waals surface area contributed by atoms with Crippen molar-refractivity contribution in [3.8, 4) is 0 Å². The Labute approximate surface area is 109 Å². The molecule has 0 aromatic rings. The lowest BCUT2D eigenvalue weighted by Gasteiger charge is -2.45. The molecular weight excluding hydrogens is 224 g/mol. The van der Waals surface area contributed by atoms with Crippen molar-refractivity contribution in [1.29, 1.82) is 0 Å². The Hall–Kier alpha value is -1.05. The molecule has 0 N–H and O–H groups in total. The topological polar surface area (TPSA) is 26.3 Å². The SMILES string of the molecule is CC1=CC[C@]2(C)CC[C@H]3[C@H](C)C(=O)O[C@@H]3C2=C1C. The summed E-state index contributed by atoms with van der Waals surface area (Å²) in [5.41, 5.74) is 4.35. The highest BCUT2D eigenvalue weighted by Crippen LogP contribution is 2.54. The third-order valence-corrected chi connectivity index (χ3v) is 5.46. The van der Waals surface area contributed by atoms with E-state index >= 15 is 0 Å². The Bertz CT molecular complexity index is 471. The fourth-order valence-corrected chi connectivity index (χ4v) is 4.02. The molecule has 1 aliphatic heterocycles. The maximum atomic E-state index is 11.8. The predicted octanol–water partition coefficient (Wildman–Crippen LogP) is 3.63. The van der Waals surface area contributed by atoms with Gasteiger partial charge in [0.1, 0.15) is 6.10 Å². The largest absolute Gasteiger partial charge is 0.457 e. The van der Waals surface area contributed by atoms with E-state index in [1.165, 1.54) is 23.1 Å². The summed E-state index contributed by atoms with van der Waals surface area (Å²) in [5, 5.41) is 0. The van der Waals surface area contributed by atoms with E-state index in [4.69, 9.17) is 4.74 Å². The Morgan fingerprint density at radius 3 is 2.83 bits per heavy atom. The molecule has 18 heavy (non-hydrogen) atoms. The van der Waals surface area contributed by atoms with E-state index in [9.17, 15) is 4.79 Å². The molecule has 3 rings (SSSR count). The maximum Gasteiger partial charge on any atom is 0.309 e. The fourth-order valence-electron chi connectivity index (χ4n) is 4.02. The van der Waals surface area contributed by atoms with Crippen LogP contribution in [0.15, 0.2) is 22.8 Å². The zero-order valence-electron chi connectivity index (χ0n) is 11.7. The van der Waals surface area contributed by atoms with E-state index in [2.05, 4.69) is 26.8 Å². The molecule has 0 spiro atoms. The lowest BCUT2D eigenvalue weighted by molar-refractivity contribution is -0.143. The van der Waals surface area contributed by atoms with Crippen molar-refractivity contribution in [2.75, 3.05) is 0 Å². The standard InChI is InChI=1S/C16H22O2/c1-9-5-7-16(4)8-6-12-11(3)15(17)18-14(12)13(16)10(9)2/h5,11-12,14H,6-8H2,1-4H3/t11-,12-,14-,16+/m0/s1. The van der Waals surface area contributed by atoms with Crippen LogP contribution in [0.4, 0.5) is 0 Å². The molecule has 0 bridgehead atoms. The fraction of sp³-hybridized carbons (Fsp3) is 0.688. The van der Waals surface area contributed by atoms with E-state index in [1.807, 2.05) is 6.92 Å². The van der Waals surface area contributed by atoms with E-state index in [0.717, 1.165) is 12.8 Å². The van der Waals surface area contributed by atoms with Crippen LogP contribution in [-0.2, 0) is 9.53 Å². The highest BCUT2D eigenvalue weighted by molar-refractivity contribution is 5.76. The lowest BCUT2D eigenvalue weighted by Crippen LogP contribution is -2.39. The number of ether oxygens (including phenoxy) is 1. The van der Waals surface area contributed by atoms with Crippen molar-refractivity contribution in [3.63, 3.8) is 0 Å². The van der Waals surface area contributed by atoms with Gasteiger partial charge >= 0.3 is 5.97 Å². The van der Waals surface area contributed by atoms with Gasteiger partial charge in [-0.05, 0) is 49.7 Å². The number of carbonyl (C=O) groups is 1. The van der Waals surface area contributed by atoms with Gasteiger partial charge in [0.2, 0.25) is 0 Å². The Balaban J connectivity index is 2.09. The second kappa shape index (κ2) is 3.72. The third-order valence-electron chi connectivity index (χ3n) is 5.46. The van der Waals surface area contributed by atoms with Crippen molar-refractivity contribution in [3.05, 3.63) is 22.8 Å². The summed E-state index contributed by atoms with van der Waals surface area (Å²) < 4.78 is 5.71. The Morgan fingerprint density at radius 2 is 2.11 bits per heavy atom. The molecule has 0 aromatic heterocycles. The van der Waals surface area contributed by atoms with Gasteiger partial charge in [0.15, 0.2) is 0 Å². The highest BCUT2D eigenvalue weighted by Gasteiger charge is 2.52. The quantitative estimate of drug-likeness (QED) is 0.610. The molecule has 0 aromatic carbocycles. The zero-order valence-corrected chi connectivity index (χ0v) is 11.7. The van der Waals surface area contributed by atoms with Crippen molar-refractivity contribution >= 4 is 5.97 Å². The Kier molecular flexibility index (Phi) is 2.48. The highest BCUT2D eigenvalue weighted by atomic mass is 16.6. The van der Waals surface area contributed by atoms with Gasteiger partial charge in [-0.25, -0.2) is 0 Å². The van der Waals surface area contributed by atoms with Crippen LogP contribution in [0.25, 0.3) is 0 Å². The maximum absolute atomic E-state index is 11.8. The first kappa shape index (κ1) is 12.0. The predicted molar refractivity (Wildman–Crippen MR) is 70.9 cm³/mol. The molecule has 1 saturated carbocycles. The van der Waals surface area contributed by atoms with Crippen molar-refractivity contribution < 1.29 is 9.53 Å². The number of fused-ring (bicyclic) bond motifs is 3. The molecule has 3 aliphatic rings. The molecule has 2 aliphatic carbocycles. The van der Waals surface area contributed by atoms with Crippen LogP contribution in [0.5, 0.6) is 0 Å². The normalized spacial score (nSPS) is 43.2. The number of hydrogen-bond acceptors (Lipinski definition) is 2. The van der Waals surface area contributed by atoms with Gasteiger partial charge < -0.3 is 4.74 Å². The van der Waals surface area contributed by atoms with Crippen LogP contribution < -0.4 is 0 Å². The van der Waals surface area contributed by atoms with Crippen LogP contribution >= 0.6 is 0 Å². The van der Waals surface area contributed by atoms with Crippen molar-refractivity contribution in [2.45, 2.75) is 53.1 Å². The van der Waals surface area contributed by atoms with Gasteiger partial charge in [-0.1, -0.05) is 25.5 Å². The van der Waals surface area contributed by atoms with Crippen LogP contribution in [0, 0.1) is 17.3 Å². The van der Waals surface area contributed by atoms with Gasteiger partial charge in [0.25, 0.3) is 0 Å². The number of rotatable bonds is 0. The molecule has 0 amide bonds. The minimum absolute atomic E-state index is 0.00163. The first-order valence-corrected chi connectivity index (χ1v) is 7.03. The van der Waals surface area contributed by atoms with E-state index in [-0.39, 0.29) is 23.4 Å². The van der Waals surface area contributed by atoms with Gasteiger partial charge in [-0.2, -0.15) is 0 Å². The molecule has 1 heterocycles. The first-order valence-electron chi connectivity index (χ1n) is 7.03. The average Bonchev–Trinajstić information content (AvgIpc) is 2.60. The summed E-state index contributed by atoms with van der Waals surface area (Å²) >= 11 is 0. The summed E-state index contributed by atoms with van der Waals surface area (Å²) in [5.74, 6) is 0.481.